The summed E-state index contributed by atoms with van der Waals surface area (Å²) in [4.78, 5) is 41.4. The molecule has 0 radical (unpaired) electrons. The highest BCUT2D eigenvalue weighted by atomic mass is 16.6. The highest BCUT2D eigenvalue weighted by molar-refractivity contribution is 5.93. The number of hydrogen-bond acceptors (Lipinski definition) is 6. The van der Waals surface area contributed by atoms with Crippen molar-refractivity contribution in [2.24, 2.45) is 5.73 Å². The van der Waals surface area contributed by atoms with Crippen molar-refractivity contribution in [3.8, 4) is 0 Å². The average molecular weight is 419 g/mol. The van der Waals surface area contributed by atoms with E-state index in [1.165, 1.54) is 14.2 Å². The van der Waals surface area contributed by atoms with Crippen LogP contribution in [0.15, 0.2) is 12.4 Å². The van der Waals surface area contributed by atoms with Crippen LogP contribution in [0, 0.1) is 13.8 Å². The predicted molar refractivity (Wildman–Crippen MR) is 109 cm³/mol. The van der Waals surface area contributed by atoms with Gasteiger partial charge in [0.15, 0.2) is 0 Å². The van der Waals surface area contributed by atoms with Crippen molar-refractivity contribution < 1.29 is 28.6 Å². The van der Waals surface area contributed by atoms with Gasteiger partial charge in [-0.05, 0) is 45.1 Å². The van der Waals surface area contributed by atoms with Crippen LogP contribution in [0.1, 0.15) is 75.0 Å². The molecule has 0 saturated carbocycles. The third-order valence-electron chi connectivity index (χ3n) is 5.06. The number of rotatable bonds is 10. The number of aromatic amines is 2. The number of methoxy groups -OCH3 is 2. The Hall–Kier alpha value is -3.23. The Morgan fingerprint density at radius 2 is 1.53 bits per heavy atom. The minimum absolute atomic E-state index is 0.350. The third kappa shape index (κ3) is 5.43. The smallest absolute Gasteiger partial charge is 0.405 e. The van der Waals surface area contributed by atoms with Crippen molar-refractivity contribution in [2.45, 2.75) is 52.1 Å². The molecular formula is C21H29N3O6. The van der Waals surface area contributed by atoms with Gasteiger partial charge in [-0.3, -0.25) is 0 Å². The quantitative estimate of drug-likeness (QED) is 0.306. The van der Waals surface area contributed by atoms with Gasteiger partial charge in [0.1, 0.15) is 6.10 Å². The van der Waals surface area contributed by atoms with Crippen LogP contribution in [-0.2, 0) is 20.6 Å². The molecule has 164 valence electrons. The molecule has 0 aliphatic rings. The van der Waals surface area contributed by atoms with Gasteiger partial charge in [0.25, 0.3) is 0 Å². The number of carbonyl (C=O) groups is 3. The van der Waals surface area contributed by atoms with Gasteiger partial charge in [-0.1, -0.05) is 6.42 Å². The molecule has 0 bridgehead atoms. The molecule has 0 aliphatic carbocycles. The predicted octanol–water partition coefficient (Wildman–Crippen LogP) is 3.47. The second-order valence-corrected chi connectivity index (χ2v) is 7.07. The molecule has 1 unspecified atom stereocenters. The summed E-state index contributed by atoms with van der Waals surface area (Å²) in [6, 6.07) is 0. The van der Waals surface area contributed by atoms with Crippen LogP contribution >= 0.6 is 0 Å². The van der Waals surface area contributed by atoms with Crippen molar-refractivity contribution in [1.29, 1.82) is 0 Å². The number of nitrogens with two attached hydrogens (primary N) is 1. The Morgan fingerprint density at radius 3 is 2.17 bits per heavy atom. The lowest BCUT2D eigenvalue weighted by atomic mass is 9.99. The van der Waals surface area contributed by atoms with Crippen LogP contribution < -0.4 is 5.73 Å². The van der Waals surface area contributed by atoms with E-state index in [4.69, 9.17) is 19.9 Å². The van der Waals surface area contributed by atoms with Gasteiger partial charge in [-0.25, -0.2) is 14.4 Å². The zero-order valence-corrected chi connectivity index (χ0v) is 17.8. The number of unbranched alkanes of at least 4 members (excludes halogenated alkanes) is 2. The highest BCUT2D eigenvalue weighted by Gasteiger charge is 2.25. The fourth-order valence-electron chi connectivity index (χ4n) is 3.58. The molecule has 2 rings (SSSR count). The molecule has 30 heavy (non-hydrogen) atoms. The first-order valence-corrected chi connectivity index (χ1v) is 9.77. The van der Waals surface area contributed by atoms with Gasteiger partial charge in [0.2, 0.25) is 0 Å². The monoisotopic (exact) mass is 419 g/mol. The molecule has 4 N–H and O–H groups in total. The standard InChI is InChI=1S/C21H29N3O6/c1-12-17(19(25)28-3)14(10-23-12)8-6-5-7-9-16(30-21(22)27)15-11-24-13(2)18(15)20(26)29-4/h10-11,16,23-24H,5-9H2,1-4H3,(H2,22,27). The lowest BCUT2D eigenvalue weighted by molar-refractivity contribution is 0.0582. The van der Waals surface area contributed by atoms with Gasteiger partial charge in [-0.15, -0.1) is 0 Å². The summed E-state index contributed by atoms with van der Waals surface area (Å²) in [5, 5.41) is 0. The summed E-state index contributed by atoms with van der Waals surface area (Å²) in [6.45, 7) is 3.58. The summed E-state index contributed by atoms with van der Waals surface area (Å²) in [7, 11) is 2.66. The maximum Gasteiger partial charge on any atom is 0.405 e. The fourth-order valence-corrected chi connectivity index (χ4v) is 3.58. The third-order valence-corrected chi connectivity index (χ3v) is 5.06. The summed E-state index contributed by atoms with van der Waals surface area (Å²) in [5.41, 5.74) is 9.04. The highest BCUT2D eigenvalue weighted by Crippen LogP contribution is 2.29. The molecule has 0 spiro atoms. The molecule has 0 aliphatic heterocycles. The van der Waals surface area contributed by atoms with Crippen LogP contribution in [0.3, 0.4) is 0 Å². The molecule has 2 aromatic heterocycles. The number of H-pyrrole nitrogens is 2. The van der Waals surface area contributed by atoms with Crippen LogP contribution in [0.2, 0.25) is 0 Å². The molecule has 0 fully saturated rings. The normalized spacial score (nSPS) is 11.7. The summed E-state index contributed by atoms with van der Waals surface area (Å²) >= 11 is 0. The Kier molecular flexibility index (Phi) is 8.08. The maximum atomic E-state index is 12.1. The first-order valence-electron chi connectivity index (χ1n) is 9.77. The second-order valence-electron chi connectivity index (χ2n) is 7.07. The molecule has 2 aromatic rings. The van der Waals surface area contributed by atoms with Crippen molar-refractivity contribution in [3.05, 3.63) is 46.0 Å². The van der Waals surface area contributed by atoms with Gasteiger partial charge < -0.3 is 29.9 Å². The number of amides is 1. The molecular weight excluding hydrogens is 390 g/mol. The number of esters is 2. The van der Waals surface area contributed by atoms with Crippen LogP contribution in [0.25, 0.3) is 0 Å². The van der Waals surface area contributed by atoms with E-state index in [1.807, 2.05) is 13.1 Å². The maximum absolute atomic E-state index is 12.1. The van der Waals surface area contributed by atoms with Crippen LogP contribution in [0.4, 0.5) is 4.79 Å². The van der Waals surface area contributed by atoms with E-state index >= 15 is 0 Å². The van der Waals surface area contributed by atoms with E-state index in [0.29, 0.717) is 35.2 Å². The molecule has 9 heteroatoms. The number of carbonyl (C=O) groups excluding carboxylic acids is 3. The minimum Gasteiger partial charge on any atom is -0.465 e. The number of primary amides is 1. The number of aromatic nitrogens is 2. The van der Waals surface area contributed by atoms with Gasteiger partial charge in [0, 0.05) is 29.3 Å². The first-order chi connectivity index (χ1) is 14.3. The van der Waals surface area contributed by atoms with E-state index in [0.717, 1.165) is 30.5 Å². The number of aryl methyl sites for hydroxylation is 3. The molecule has 1 amide bonds. The Morgan fingerprint density at radius 1 is 0.933 bits per heavy atom. The van der Waals surface area contributed by atoms with Gasteiger partial charge >= 0.3 is 18.0 Å². The summed E-state index contributed by atoms with van der Waals surface area (Å²) in [6.07, 6.45) is 5.53. The number of nitrogens with one attached hydrogen (secondary N) is 2. The minimum atomic E-state index is -0.903. The molecule has 0 aromatic carbocycles. The lowest BCUT2D eigenvalue weighted by Gasteiger charge is -2.17. The van der Waals surface area contributed by atoms with E-state index in [-0.39, 0.29) is 5.97 Å². The van der Waals surface area contributed by atoms with E-state index in [1.54, 1.807) is 13.1 Å². The van der Waals surface area contributed by atoms with E-state index in [9.17, 15) is 14.4 Å². The summed E-state index contributed by atoms with van der Waals surface area (Å²) in [5.74, 6) is -0.850. The summed E-state index contributed by atoms with van der Waals surface area (Å²) < 4.78 is 14.9. The Labute approximate surface area is 175 Å². The second kappa shape index (κ2) is 10.5. The fraction of sp³-hybridized carbons (Fsp3) is 0.476. The molecule has 1 atom stereocenters. The average Bonchev–Trinajstić information content (AvgIpc) is 3.27. The Bertz CT molecular complexity index is 899. The SMILES string of the molecule is COC(=O)c1c(CCCCCC(OC(N)=O)c2c[nH]c(C)c2C(=O)OC)c[nH]c1C. The van der Waals surface area contributed by atoms with Crippen molar-refractivity contribution in [1.82, 2.24) is 9.97 Å². The van der Waals surface area contributed by atoms with Crippen LogP contribution in [-0.4, -0.2) is 42.2 Å². The zero-order valence-electron chi connectivity index (χ0n) is 17.8. The zero-order chi connectivity index (χ0) is 22.3. The van der Waals surface area contributed by atoms with Crippen molar-refractivity contribution >= 4 is 18.0 Å². The van der Waals surface area contributed by atoms with Crippen molar-refractivity contribution in [2.75, 3.05) is 14.2 Å². The number of ether oxygens (including phenoxy) is 3. The van der Waals surface area contributed by atoms with Gasteiger partial charge in [-0.2, -0.15) is 0 Å². The molecule has 2 heterocycles. The lowest BCUT2D eigenvalue weighted by Crippen LogP contribution is -2.19. The van der Waals surface area contributed by atoms with Crippen LogP contribution in [0.5, 0.6) is 0 Å². The molecule has 9 nitrogen and oxygen atoms in total. The van der Waals surface area contributed by atoms with E-state index in [2.05, 4.69) is 9.97 Å². The Balaban J connectivity index is 1.98. The first kappa shape index (κ1) is 23.1. The van der Waals surface area contributed by atoms with Gasteiger partial charge in [0.05, 0.1) is 25.3 Å². The number of hydrogen-bond donors (Lipinski definition) is 3. The largest absolute Gasteiger partial charge is 0.465 e. The van der Waals surface area contributed by atoms with E-state index < -0.39 is 18.2 Å². The topological polar surface area (TPSA) is 136 Å². The van der Waals surface area contributed by atoms with Crippen molar-refractivity contribution in [3.63, 3.8) is 0 Å². The molecule has 0 saturated heterocycles.